The molecule has 0 radical (unpaired) electrons. The van der Waals surface area contributed by atoms with Crippen molar-refractivity contribution in [3.63, 3.8) is 0 Å². The summed E-state index contributed by atoms with van der Waals surface area (Å²) in [5.74, 6) is -0.400. The van der Waals surface area contributed by atoms with Gasteiger partial charge in [0, 0.05) is 0 Å². The number of para-hydroxylation sites is 1. The molecule has 1 aromatic carbocycles. The summed E-state index contributed by atoms with van der Waals surface area (Å²) >= 11 is 0. The maximum atomic E-state index is 12.0. The van der Waals surface area contributed by atoms with Crippen LogP contribution in [0.4, 0.5) is 5.82 Å². The van der Waals surface area contributed by atoms with Crippen LogP contribution in [-0.2, 0) is 7.05 Å². The molecule has 21 heavy (non-hydrogen) atoms. The Labute approximate surface area is 117 Å². The van der Waals surface area contributed by atoms with Crippen molar-refractivity contribution >= 4 is 5.82 Å². The summed E-state index contributed by atoms with van der Waals surface area (Å²) in [4.78, 5) is 23.7. The van der Waals surface area contributed by atoms with Gasteiger partial charge in [-0.3, -0.25) is 4.79 Å². The van der Waals surface area contributed by atoms with Crippen LogP contribution in [0.5, 0.6) is 0 Å². The van der Waals surface area contributed by atoms with Crippen molar-refractivity contribution in [2.45, 2.75) is 0 Å². The van der Waals surface area contributed by atoms with Gasteiger partial charge in [-0.15, -0.1) is 5.10 Å². The first kappa shape index (κ1) is 12.8. The second-order valence-corrected chi connectivity index (χ2v) is 4.31. The molecule has 2 aromatic heterocycles. The Morgan fingerprint density at radius 2 is 2.00 bits per heavy atom. The van der Waals surface area contributed by atoms with Crippen molar-refractivity contribution in [1.82, 2.24) is 24.8 Å². The van der Waals surface area contributed by atoms with E-state index in [0.717, 1.165) is 4.68 Å². The van der Waals surface area contributed by atoms with Crippen molar-refractivity contribution in [3.05, 3.63) is 57.0 Å². The lowest BCUT2D eigenvalue weighted by atomic mass is 10.2. The smallest absolute Gasteiger partial charge is 0.354 e. The summed E-state index contributed by atoms with van der Waals surface area (Å²) in [6.07, 6.45) is 1.32. The Balaban J connectivity index is 2.13. The molecule has 0 aliphatic rings. The lowest BCUT2D eigenvalue weighted by Crippen LogP contribution is -2.13. The van der Waals surface area contributed by atoms with E-state index in [1.165, 1.54) is 18.0 Å². The Kier molecular flexibility index (Phi) is 2.87. The van der Waals surface area contributed by atoms with Crippen molar-refractivity contribution < 1.29 is 4.92 Å². The second kappa shape index (κ2) is 4.71. The molecule has 0 spiro atoms. The van der Waals surface area contributed by atoms with E-state index in [0.29, 0.717) is 5.69 Å². The molecule has 0 amide bonds. The van der Waals surface area contributed by atoms with E-state index < -0.39 is 16.3 Å². The van der Waals surface area contributed by atoms with Crippen molar-refractivity contribution in [2.24, 2.45) is 7.05 Å². The van der Waals surface area contributed by atoms with Crippen LogP contribution in [-0.4, -0.2) is 29.7 Å². The number of hydrogen-bond donors (Lipinski definition) is 1. The largest absolute Gasteiger partial charge is 0.358 e. The molecule has 0 aliphatic carbocycles. The third kappa shape index (κ3) is 2.10. The molecular formula is C12H10N6O3. The lowest BCUT2D eigenvalue weighted by Gasteiger charge is -1.97. The van der Waals surface area contributed by atoms with Gasteiger partial charge in [-0.1, -0.05) is 18.2 Å². The quantitative estimate of drug-likeness (QED) is 0.567. The molecule has 106 valence electrons. The first-order chi connectivity index (χ1) is 10.1. The van der Waals surface area contributed by atoms with Gasteiger partial charge in [0.25, 0.3) is 5.56 Å². The van der Waals surface area contributed by atoms with E-state index in [4.69, 9.17) is 0 Å². The Morgan fingerprint density at radius 3 is 2.67 bits per heavy atom. The molecule has 0 bridgehead atoms. The number of nitrogens with one attached hydrogen (secondary N) is 1. The number of nitrogens with zero attached hydrogens (tertiary/aromatic N) is 5. The highest BCUT2D eigenvalue weighted by molar-refractivity contribution is 5.66. The molecule has 1 N–H and O–H groups in total. The Bertz CT molecular complexity index is 861. The van der Waals surface area contributed by atoms with Gasteiger partial charge in [0.15, 0.2) is 5.56 Å². The van der Waals surface area contributed by atoms with E-state index in [1.54, 1.807) is 12.1 Å². The number of hydrogen-bond acceptors (Lipinski definition) is 5. The monoisotopic (exact) mass is 286 g/mol. The maximum Gasteiger partial charge on any atom is 0.354 e. The van der Waals surface area contributed by atoms with Gasteiger partial charge in [-0.05, 0) is 17.1 Å². The first-order valence-electron chi connectivity index (χ1n) is 5.99. The van der Waals surface area contributed by atoms with Gasteiger partial charge in [0.2, 0.25) is 0 Å². The summed E-state index contributed by atoms with van der Waals surface area (Å²) in [7, 11) is 1.40. The Hall–Kier alpha value is -3.23. The summed E-state index contributed by atoms with van der Waals surface area (Å²) < 4.78 is 1.04. The fraction of sp³-hybridized carbons (Fsp3) is 0.0833. The van der Waals surface area contributed by atoms with E-state index in [9.17, 15) is 14.9 Å². The summed E-state index contributed by atoms with van der Waals surface area (Å²) in [5, 5.41) is 21.6. The SMILES string of the molecule is Cn1[nH]c([N+](=O)[O-])c(-c2cnn(-c3ccccc3)n2)c1=O. The minimum absolute atomic E-state index is 0.107. The lowest BCUT2D eigenvalue weighted by molar-refractivity contribution is -0.389. The fourth-order valence-corrected chi connectivity index (χ4v) is 1.96. The van der Waals surface area contributed by atoms with Gasteiger partial charge < -0.3 is 10.1 Å². The van der Waals surface area contributed by atoms with Crippen LogP contribution in [0, 0.1) is 10.1 Å². The average molecular weight is 286 g/mol. The molecule has 2 heterocycles. The maximum absolute atomic E-state index is 12.0. The highest BCUT2D eigenvalue weighted by Crippen LogP contribution is 2.22. The topological polar surface area (TPSA) is 112 Å². The molecule has 3 aromatic rings. The van der Waals surface area contributed by atoms with Gasteiger partial charge in [-0.2, -0.15) is 19.7 Å². The highest BCUT2D eigenvalue weighted by Gasteiger charge is 2.25. The number of aryl methyl sites for hydroxylation is 1. The molecule has 0 saturated carbocycles. The van der Waals surface area contributed by atoms with E-state index in [-0.39, 0.29) is 11.3 Å². The number of H-pyrrole nitrogens is 1. The highest BCUT2D eigenvalue weighted by atomic mass is 16.6. The van der Waals surface area contributed by atoms with E-state index >= 15 is 0 Å². The normalized spacial score (nSPS) is 10.7. The van der Waals surface area contributed by atoms with Crippen LogP contribution in [0.2, 0.25) is 0 Å². The van der Waals surface area contributed by atoms with Gasteiger partial charge in [0.1, 0.15) is 5.69 Å². The number of aromatic nitrogens is 5. The zero-order chi connectivity index (χ0) is 15.0. The van der Waals surface area contributed by atoms with Crippen molar-refractivity contribution in [2.75, 3.05) is 0 Å². The molecule has 0 saturated heterocycles. The van der Waals surface area contributed by atoms with Crippen LogP contribution < -0.4 is 5.56 Å². The Morgan fingerprint density at radius 1 is 1.29 bits per heavy atom. The molecule has 9 nitrogen and oxygen atoms in total. The van der Waals surface area contributed by atoms with Crippen LogP contribution in [0.1, 0.15) is 0 Å². The van der Waals surface area contributed by atoms with Crippen LogP contribution >= 0.6 is 0 Å². The molecule has 0 fully saturated rings. The van der Waals surface area contributed by atoms with Gasteiger partial charge in [0.05, 0.1) is 18.9 Å². The number of benzene rings is 1. The third-order valence-electron chi connectivity index (χ3n) is 2.95. The van der Waals surface area contributed by atoms with Crippen molar-refractivity contribution in [1.29, 1.82) is 0 Å². The molecular weight excluding hydrogens is 276 g/mol. The molecule has 9 heteroatoms. The second-order valence-electron chi connectivity index (χ2n) is 4.31. The molecule has 3 rings (SSSR count). The van der Waals surface area contributed by atoms with E-state index in [1.807, 2.05) is 18.2 Å². The minimum Gasteiger partial charge on any atom is -0.358 e. The van der Waals surface area contributed by atoms with Crippen LogP contribution in [0.15, 0.2) is 41.3 Å². The molecule has 0 unspecified atom stereocenters. The first-order valence-corrected chi connectivity index (χ1v) is 5.99. The average Bonchev–Trinajstić information content (AvgIpc) is 3.06. The van der Waals surface area contributed by atoms with Gasteiger partial charge >= 0.3 is 5.82 Å². The fourth-order valence-electron chi connectivity index (χ4n) is 1.96. The zero-order valence-electron chi connectivity index (χ0n) is 10.9. The zero-order valence-corrected chi connectivity index (χ0v) is 10.9. The number of nitro groups is 1. The summed E-state index contributed by atoms with van der Waals surface area (Å²) in [5.41, 5.74) is 0.206. The van der Waals surface area contributed by atoms with Gasteiger partial charge in [-0.25, -0.2) is 0 Å². The number of aromatic amines is 1. The van der Waals surface area contributed by atoms with Crippen LogP contribution in [0.3, 0.4) is 0 Å². The predicted molar refractivity (Wildman–Crippen MR) is 73.0 cm³/mol. The minimum atomic E-state index is -0.654. The standard InChI is InChI=1S/C12H10N6O3/c1-16-12(19)10(11(15-16)18(20)21)9-7-13-17(14-9)8-5-3-2-4-6-8/h2-7,15H,1H3. The predicted octanol–water partition coefficient (Wildman–Crippen LogP) is 0.869. The van der Waals surface area contributed by atoms with Crippen molar-refractivity contribution in [3.8, 4) is 16.9 Å². The summed E-state index contributed by atoms with van der Waals surface area (Å²) in [6.45, 7) is 0. The third-order valence-corrected chi connectivity index (χ3v) is 2.95. The number of rotatable bonds is 3. The summed E-state index contributed by atoms with van der Waals surface area (Å²) in [6, 6.07) is 9.05. The van der Waals surface area contributed by atoms with Crippen LogP contribution in [0.25, 0.3) is 16.9 Å². The molecule has 0 atom stereocenters. The van der Waals surface area contributed by atoms with E-state index in [2.05, 4.69) is 15.3 Å². The molecule has 0 aliphatic heterocycles.